The van der Waals surface area contributed by atoms with Crippen LogP contribution in [0.15, 0.2) is 36.7 Å². The van der Waals surface area contributed by atoms with E-state index in [1.807, 2.05) is 40.0 Å². The second-order valence-electron chi connectivity index (χ2n) is 7.92. The Morgan fingerprint density at radius 3 is 2.67 bits per heavy atom. The third-order valence-corrected chi connectivity index (χ3v) is 5.86. The molecular formula is C22H29N5O3. The smallest absolute Gasteiger partial charge is 0.268 e. The summed E-state index contributed by atoms with van der Waals surface area (Å²) in [4.78, 5) is 31.8. The number of rotatable bonds is 5. The monoisotopic (exact) mass is 411 g/mol. The van der Waals surface area contributed by atoms with E-state index in [9.17, 15) is 9.59 Å². The van der Waals surface area contributed by atoms with E-state index in [1.54, 1.807) is 18.7 Å². The Hall–Kier alpha value is -2.87. The molecule has 2 aromatic rings. The molecule has 8 heteroatoms. The predicted molar refractivity (Wildman–Crippen MR) is 113 cm³/mol. The van der Waals surface area contributed by atoms with Gasteiger partial charge in [0.05, 0.1) is 11.9 Å². The molecule has 30 heavy (non-hydrogen) atoms. The molecule has 1 fully saturated rings. The molecule has 8 nitrogen and oxygen atoms in total. The van der Waals surface area contributed by atoms with Crippen LogP contribution in [-0.2, 0) is 22.7 Å². The van der Waals surface area contributed by atoms with Gasteiger partial charge in [0.1, 0.15) is 11.8 Å². The third-order valence-electron chi connectivity index (χ3n) is 5.86. The van der Waals surface area contributed by atoms with Crippen molar-refractivity contribution < 1.29 is 14.3 Å². The van der Waals surface area contributed by atoms with E-state index < -0.39 is 12.1 Å². The van der Waals surface area contributed by atoms with Crippen molar-refractivity contribution in [1.29, 1.82) is 0 Å². The minimum atomic E-state index is -0.601. The zero-order valence-corrected chi connectivity index (χ0v) is 17.8. The second kappa shape index (κ2) is 8.47. The molecule has 4 rings (SSSR count). The van der Waals surface area contributed by atoms with Crippen molar-refractivity contribution in [3.63, 3.8) is 0 Å². The van der Waals surface area contributed by atoms with Gasteiger partial charge in [0.15, 0.2) is 6.10 Å². The summed E-state index contributed by atoms with van der Waals surface area (Å²) in [6.45, 7) is 10.2. The van der Waals surface area contributed by atoms with Gasteiger partial charge in [-0.15, -0.1) is 0 Å². The summed E-state index contributed by atoms with van der Waals surface area (Å²) < 4.78 is 7.63. The van der Waals surface area contributed by atoms with E-state index in [-0.39, 0.29) is 11.8 Å². The topological polar surface area (TPSA) is 70.9 Å². The Bertz CT molecular complexity index is 919. The number of aryl methyl sites for hydroxylation is 1. The summed E-state index contributed by atoms with van der Waals surface area (Å²) in [5.74, 6) is 0.438. The first-order valence-corrected chi connectivity index (χ1v) is 10.6. The number of ether oxygens (including phenoxy) is 1. The van der Waals surface area contributed by atoms with Crippen molar-refractivity contribution in [2.24, 2.45) is 0 Å². The van der Waals surface area contributed by atoms with Crippen LogP contribution in [0.2, 0.25) is 0 Å². The normalized spacial score (nSPS) is 20.6. The molecule has 2 aliphatic rings. The molecule has 0 aliphatic carbocycles. The molecule has 1 saturated heterocycles. The summed E-state index contributed by atoms with van der Waals surface area (Å²) in [6.07, 6.45) is 3.38. The van der Waals surface area contributed by atoms with Crippen LogP contribution in [0.25, 0.3) is 0 Å². The molecule has 3 heterocycles. The summed E-state index contributed by atoms with van der Waals surface area (Å²) in [6, 6.07) is 6.82. The standard InChI is InChI=1S/C22H29N5O3/c1-4-26-15-18(13-23-26)14-24-9-11-25(12-10-24)21(28)16(2)27-19-7-5-6-8-20(19)30-17(3)22(27)29/h5-8,13,15-17H,4,9-12,14H2,1-3H3/t16-,17-/m1/s1. The van der Waals surface area contributed by atoms with Crippen LogP contribution in [0.3, 0.4) is 0 Å². The highest BCUT2D eigenvalue weighted by Crippen LogP contribution is 2.35. The fraction of sp³-hybridized carbons (Fsp3) is 0.500. The third kappa shape index (κ3) is 3.92. The maximum atomic E-state index is 13.2. The Balaban J connectivity index is 1.40. The fourth-order valence-electron chi connectivity index (χ4n) is 4.13. The first-order valence-electron chi connectivity index (χ1n) is 10.6. The molecular weight excluding hydrogens is 382 g/mol. The molecule has 0 saturated carbocycles. The van der Waals surface area contributed by atoms with Crippen molar-refractivity contribution in [2.75, 3.05) is 31.1 Å². The van der Waals surface area contributed by atoms with Gasteiger partial charge in [-0.05, 0) is 32.9 Å². The zero-order chi connectivity index (χ0) is 21.3. The maximum Gasteiger partial charge on any atom is 0.268 e. The van der Waals surface area contributed by atoms with E-state index in [4.69, 9.17) is 4.74 Å². The summed E-state index contributed by atoms with van der Waals surface area (Å²) in [5, 5.41) is 4.33. The van der Waals surface area contributed by atoms with Gasteiger partial charge < -0.3 is 9.64 Å². The van der Waals surface area contributed by atoms with Gasteiger partial charge >= 0.3 is 0 Å². The van der Waals surface area contributed by atoms with E-state index >= 15 is 0 Å². The SMILES string of the molecule is CCn1cc(CN2CCN(C(=O)[C@@H](C)N3C(=O)[C@@H](C)Oc4ccccc43)CC2)cn1. The second-order valence-corrected chi connectivity index (χ2v) is 7.92. The van der Waals surface area contributed by atoms with Gasteiger partial charge in [0.25, 0.3) is 5.91 Å². The lowest BCUT2D eigenvalue weighted by Gasteiger charge is -2.40. The Kier molecular flexibility index (Phi) is 5.76. The van der Waals surface area contributed by atoms with Crippen LogP contribution in [-0.4, -0.2) is 69.7 Å². The number of aromatic nitrogens is 2. The lowest BCUT2D eigenvalue weighted by atomic mass is 10.1. The number of piperazine rings is 1. The highest BCUT2D eigenvalue weighted by molar-refractivity contribution is 6.05. The lowest BCUT2D eigenvalue weighted by Crippen LogP contribution is -2.57. The molecule has 1 aromatic carbocycles. The van der Waals surface area contributed by atoms with E-state index in [0.29, 0.717) is 24.5 Å². The number of para-hydroxylation sites is 2. The summed E-state index contributed by atoms with van der Waals surface area (Å²) in [5.41, 5.74) is 1.85. The number of nitrogens with zero attached hydrogens (tertiary/aromatic N) is 5. The highest BCUT2D eigenvalue weighted by Gasteiger charge is 2.38. The van der Waals surface area contributed by atoms with Crippen molar-refractivity contribution in [3.8, 4) is 5.75 Å². The molecule has 0 unspecified atom stereocenters. The van der Waals surface area contributed by atoms with Crippen LogP contribution >= 0.6 is 0 Å². The largest absolute Gasteiger partial charge is 0.479 e. The van der Waals surface area contributed by atoms with Crippen molar-refractivity contribution in [3.05, 3.63) is 42.2 Å². The Morgan fingerprint density at radius 1 is 1.23 bits per heavy atom. The van der Waals surface area contributed by atoms with Gasteiger partial charge in [-0.3, -0.25) is 24.1 Å². The molecule has 0 spiro atoms. The number of benzene rings is 1. The first-order chi connectivity index (χ1) is 14.5. The van der Waals surface area contributed by atoms with Crippen molar-refractivity contribution in [1.82, 2.24) is 19.6 Å². The Morgan fingerprint density at radius 2 is 1.97 bits per heavy atom. The van der Waals surface area contributed by atoms with Gasteiger partial charge in [0, 0.05) is 51.0 Å². The van der Waals surface area contributed by atoms with Gasteiger partial charge in [0.2, 0.25) is 5.91 Å². The van der Waals surface area contributed by atoms with Crippen molar-refractivity contribution in [2.45, 2.75) is 46.0 Å². The summed E-state index contributed by atoms with van der Waals surface area (Å²) >= 11 is 0. The Labute approximate surface area is 177 Å². The zero-order valence-electron chi connectivity index (χ0n) is 17.8. The average Bonchev–Trinajstić information content (AvgIpc) is 3.22. The van der Waals surface area contributed by atoms with Crippen LogP contribution in [0.5, 0.6) is 5.75 Å². The van der Waals surface area contributed by atoms with E-state index in [2.05, 4.69) is 23.1 Å². The number of fused-ring (bicyclic) bond motifs is 1. The van der Waals surface area contributed by atoms with Crippen LogP contribution in [0.4, 0.5) is 5.69 Å². The van der Waals surface area contributed by atoms with Gasteiger partial charge in [-0.25, -0.2) is 0 Å². The number of hydrogen-bond acceptors (Lipinski definition) is 5. The fourth-order valence-corrected chi connectivity index (χ4v) is 4.13. The van der Waals surface area contributed by atoms with Crippen LogP contribution < -0.4 is 9.64 Å². The first kappa shape index (κ1) is 20.4. The van der Waals surface area contributed by atoms with E-state index in [1.165, 1.54) is 5.56 Å². The molecule has 1 aromatic heterocycles. The molecule has 0 radical (unpaired) electrons. The van der Waals surface area contributed by atoms with Gasteiger partial charge in [-0.1, -0.05) is 12.1 Å². The van der Waals surface area contributed by atoms with E-state index in [0.717, 1.165) is 26.2 Å². The van der Waals surface area contributed by atoms with Crippen LogP contribution in [0, 0.1) is 0 Å². The number of carbonyl (C=O) groups is 2. The molecule has 0 bridgehead atoms. The lowest BCUT2D eigenvalue weighted by molar-refractivity contribution is -0.137. The summed E-state index contributed by atoms with van der Waals surface area (Å²) in [7, 11) is 0. The quantitative estimate of drug-likeness (QED) is 0.750. The number of hydrogen-bond donors (Lipinski definition) is 0. The maximum absolute atomic E-state index is 13.2. The van der Waals surface area contributed by atoms with Gasteiger partial charge in [-0.2, -0.15) is 5.10 Å². The molecule has 2 aliphatic heterocycles. The van der Waals surface area contributed by atoms with Crippen molar-refractivity contribution >= 4 is 17.5 Å². The average molecular weight is 412 g/mol. The van der Waals surface area contributed by atoms with Crippen LogP contribution in [0.1, 0.15) is 26.3 Å². The molecule has 0 N–H and O–H groups in total. The highest BCUT2D eigenvalue weighted by atomic mass is 16.5. The molecule has 2 amide bonds. The molecule has 2 atom stereocenters. The predicted octanol–water partition coefficient (Wildman–Crippen LogP) is 1.75. The number of amides is 2. The molecule has 160 valence electrons. The number of anilines is 1. The minimum absolute atomic E-state index is 0.0225. The number of carbonyl (C=O) groups excluding carboxylic acids is 2. The minimum Gasteiger partial charge on any atom is -0.479 e.